The average molecular weight is 212 g/mol. The maximum Gasteiger partial charge on any atom is -0.0380 e. The summed E-state index contributed by atoms with van der Waals surface area (Å²) in [4.78, 5) is 0. The van der Waals surface area contributed by atoms with Crippen LogP contribution in [0.4, 0.5) is 0 Å². The molecule has 0 spiro atoms. The molecular formula is C15H32. The Morgan fingerprint density at radius 1 is 0.933 bits per heavy atom. The molecule has 0 aliphatic carbocycles. The van der Waals surface area contributed by atoms with Crippen LogP contribution >= 0.6 is 0 Å². The van der Waals surface area contributed by atoms with E-state index in [1.54, 1.807) is 0 Å². The summed E-state index contributed by atoms with van der Waals surface area (Å²) in [5.74, 6) is 2.68. The number of hydrogen-bond donors (Lipinski definition) is 0. The van der Waals surface area contributed by atoms with Crippen molar-refractivity contribution in [3.05, 3.63) is 0 Å². The third-order valence-corrected chi connectivity index (χ3v) is 3.09. The molecular weight excluding hydrogens is 180 g/mol. The van der Waals surface area contributed by atoms with Gasteiger partial charge in [0.2, 0.25) is 0 Å². The van der Waals surface area contributed by atoms with Crippen LogP contribution in [0.15, 0.2) is 0 Å². The number of rotatable bonds is 6. The van der Waals surface area contributed by atoms with Crippen LogP contribution in [0.25, 0.3) is 0 Å². The van der Waals surface area contributed by atoms with Gasteiger partial charge in [0.15, 0.2) is 0 Å². The average Bonchev–Trinajstić information content (AvgIpc) is 1.98. The molecule has 0 aliphatic heterocycles. The van der Waals surface area contributed by atoms with Crippen LogP contribution in [-0.2, 0) is 0 Å². The van der Waals surface area contributed by atoms with Gasteiger partial charge in [0, 0.05) is 0 Å². The Kier molecular flexibility index (Phi) is 6.55. The molecule has 0 heteroatoms. The van der Waals surface area contributed by atoms with Gasteiger partial charge < -0.3 is 0 Å². The van der Waals surface area contributed by atoms with E-state index < -0.39 is 0 Å². The Hall–Kier alpha value is 0. The van der Waals surface area contributed by atoms with Crippen molar-refractivity contribution in [3.8, 4) is 0 Å². The van der Waals surface area contributed by atoms with Crippen molar-refractivity contribution < 1.29 is 0 Å². The van der Waals surface area contributed by atoms with E-state index in [1.807, 2.05) is 0 Å². The van der Waals surface area contributed by atoms with Gasteiger partial charge in [-0.2, -0.15) is 0 Å². The maximum atomic E-state index is 2.42. The zero-order valence-electron chi connectivity index (χ0n) is 12.1. The minimum Gasteiger partial charge on any atom is -0.0651 e. The van der Waals surface area contributed by atoms with Gasteiger partial charge >= 0.3 is 0 Å². The molecule has 0 aromatic rings. The van der Waals surface area contributed by atoms with E-state index in [-0.39, 0.29) is 0 Å². The van der Waals surface area contributed by atoms with Crippen molar-refractivity contribution in [1.82, 2.24) is 0 Å². The largest absolute Gasteiger partial charge is 0.0651 e. The fourth-order valence-electron chi connectivity index (χ4n) is 2.73. The molecule has 0 heterocycles. The van der Waals surface area contributed by atoms with E-state index in [1.165, 1.54) is 25.7 Å². The summed E-state index contributed by atoms with van der Waals surface area (Å²) in [6.45, 7) is 16.5. The Balaban J connectivity index is 3.98. The van der Waals surface area contributed by atoms with Gasteiger partial charge in [0.25, 0.3) is 0 Å². The van der Waals surface area contributed by atoms with Gasteiger partial charge in [-0.3, -0.25) is 0 Å². The van der Waals surface area contributed by atoms with E-state index in [0.717, 1.165) is 17.8 Å². The molecule has 0 saturated heterocycles. The third-order valence-electron chi connectivity index (χ3n) is 3.09. The molecule has 0 rings (SSSR count). The van der Waals surface area contributed by atoms with E-state index in [9.17, 15) is 0 Å². The second-order valence-electron chi connectivity index (χ2n) is 7.01. The van der Waals surface area contributed by atoms with Crippen molar-refractivity contribution >= 4 is 0 Å². The number of hydrogen-bond acceptors (Lipinski definition) is 0. The molecule has 0 nitrogen and oxygen atoms in total. The van der Waals surface area contributed by atoms with Crippen LogP contribution in [0.3, 0.4) is 0 Å². The molecule has 0 N–H and O–H groups in total. The van der Waals surface area contributed by atoms with Crippen LogP contribution in [-0.4, -0.2) is 0 Å². The topological polar surface area (TPSA) is 0 Å². The first-order valence-electron chi connectivity index (χ1n) is 6.74. The fourth-order valence-corrected chi connectivity index (χ4v) is 2.73. The lowest BCUT2D eigenvalue weighted by Crippen LogP contribution is -2.16. The first-order valence-corrected chi connectivity index (χ1v) is 6.74. The Morgan fingerprint density at radius 2 is 1.47 bits per heavy atom. The molecule has 15 heavy (non-hydrogen) atoms. The van der Waals surface area contributed by atoms with Crippen LogP contribution in [0, 0.1) is 23.2 Å². The third kappa shape index (κ3) is 8.96. The Morgan fingerprint density at radius 3 is 1.80 bits per heavy atom. The van der Waals surface area contributed by atoms with Crippen LogP contribution < -0.4 is 0 Å². The minimum absolute atomic E-state index is 0.498. The van der Waals surface area contributed by atoms with E-state index >= 15 is 0 Å². The fraction of sp³-hybridized carbons (Fsp3) is 1.00. The van der Waals surface area contributed by atoms with E-state index in [4.69, 9.17) is 0 Å². The van der Waals surface area contributed by atoms with Crippen molar-refractivity contribution in [2.24, 2.45) is 23.2 Å². The summed E-state index contributed by atoms with van der Waals surface area (Å²) in [7, 11) is 0. The summed E-state index contributed by atoms with van der Waals surface area (Å²) in [5.41, 5.74) is 0.498. The first kappa shape index (κ1) is 15.0. The SMILES string of the molecule is CCC(CC(C)CC(C)C)CC(C)(C)C. The van der Waals surface area contributed by atoms with Crippen molar-refractivity contribution in [2.45, 2.75) is 74.1 Å². The summed E-state index contributed by atoms with van der Waals surface area (Å²) >= 11 is 0. The summed E-state index contributed by atoms with van der Waals surface area (Å²) in [6, 6.07) is 0. The Bertz CT molecular complexity index is 150. The van der Waals surface area contributed by atoms with Gasteiger partial charge in [0.1, 0.15) is 0 Å². The molecule has 2 unspecified atom stereocenters. The molecule has 0 fully saturated rings. The predicted octanol–water partition coefficient (Wildman–Crippen LogP) is 5.52. The van der Waals surface area contributed by atoms with Crippen molar-refractivity contribution in [3.63, 3.8) is 0 Å². The zero-order chi connectivity index (χ0) is 12.1. The van der Waals surface area contributed by atoms with Gasteiger partial charge in [-0.25, -0.2) is 0 Å². The smallest absolute Gasteiger partial charge is 0.0380 e. The summed E-state index contributed by atoms with van der Waals surface area (Å²) in [6.07, 6.45) is 5.54. The minimum atomic E-state index is 0.498. The van der Waals surface area contributed by atoms with Crippen molar-refractivity contribution in [1.29, 1.82) is 0 Å². The van der Waals surface area contributed by atoms with Crippen LogP contribution in [0.1, 0.15) is 74.1 Å². The highest BCUT2D eigenvalue weighted by atomic mass is 14.2. The van der Waals surface area contributed by atoms with Gasteiger partial charge in [-0.05, 0) is 42.4 Å². The second-order valence-corrected chi connectivity index (χ2v) is 7.01. The normalized spacial score (nSPS) is 16.8. The van der Waals surface area contributed by atoms with Gasteiger partial charge in [-0.1, -0.05) is 54.9 Å². The molecule has 0 aromatic heterocycles. The molecule has 0 aliphatic rings. The Labute approximate surface area is 97.8 Å². The quantitative estimate of drug-likeness (QED) is 0.543. The summed E-state index contributed by atoms with van der Waals surface area (Å²) in [5, 5.41) is 0. The van der Waals surface area contributed by atoms with Crippen LogP contribution in [0.5, 0.6) is 0 Å². The predicted molar refractivity (Wildman–Crippen MR) is 71.1 cm³/mol. The molecule has 0 radical (unpaired) electrons. The lowest BCUT2D eigenvalue weighted by Gasteiger charge is -2.27. The lowest BCUT2D eigenvalue weighted by atomic mass is 9.78. The van der Waals surface area contributed by atoms with E-state index in [0.29, 0.717) is 5.41 Å². The zero-order valence-corrected chi connectivity index (χ0v) is 12.1. The molecule has 0 amide bonds. The highest BCUT2D eigenvalue weighted by molar-refractivity contribution is 4.71. The van der Waals surface area contributed by atoms with Crippen LogP contribution in [0.2, 0.25) is 0 Å². The molecule has 0 saturated carbocycles. The second kappa shape index (κ2) is 6.55. The standard InChI is InChI=1S/C15H32/c1-8-14(11-15(5,6)7)10-13(4)9-12(2)3/h12-14H,8-11H2,1-7H3. The summed E-state index contributed by atoms with van der Waals surface area (Å²) < 4.78 is 0. The maximum absolute atomic E-state index is 2.42. The monoisotopic (exact) mass is 212 g/mol. The molecule has 2 atom stereocenters. The first-order chi connectivity index (χ1) is 6.74. The molecule has 0 bridgehead atoms. The van der Waals surface area contributed by atoms with Crippen molar-refractivity contribution in [2.75, 3.05) is 0 Å². The molecule has 0 aromatic carbocycles. The lowest BCUT2D eigenvalue weighted by molar-refractivity contribution is 0.241. The van der Waals surface area contributed by atoms with E-state index in [2.05, 4.69) is 48.5 Å². The highest BCUT2D eigenvalue weighted by Gasteiger charge is 2.19. The van der Waals surface area contributed by atoms with Gasteiger partial charge in [-0.15, -0.1) is 0 Å². The van der Waals surface area contributed by atoms with Gasteiger partial charge in [0.05, 0.1) is 0 Å². The molecule has 92 valence electrons. The highest BCUT2D eigenvalue weighted by Crippen LogP contribution is 2.31.